The van der Waals surface area contributed by atoms with E-state index in [-0.39, 0.29) is 5.78 Å². The number of rotatable bonds is 4. The molecule has 0 aliphatic heterocycles. The molecule has 21 heavy (non-hydrogen) atoms. The SMILES string of the molecule is CCCc1cccc(C(=O)c2nccc3ccccc23)c1. The molecule has 104 valence electrons. The zero-order valence-corrected chi connectivity index (χ0v) is 12.0. The predicted molar refractivity (Wildman–Crippen MR) is 85.6 cm³/mol. The Morgan fingerprint density at radius 2 is 1.90 bits per heavy atom. The van der Waals surface area contributed by atoms with Crippen LogP contribution in [0.2, 0.25) is 0 Å². The molecule has 3 aromatic rings. The van der Waals surface area contributed by atoms with Gasteiger partial charge in [0.2, 0.25) is 5.78 Å². The van der Waals surface area contributed by atoms with E-state index >= 15 is 0 Å². The summed E-state index contributed by atoms with van der Waals surface area (Å²) in [5.74, 6) is -0.00949. The van der Waals surface area contributed by atoms with E-state index in [1.807, 2.05) is 48.5 Å². The van der Waals surface area contributed by atoms with Crippen LogP contribution in [-0.2, 0) is 6.42 Å². The molecule has 0 aliphatic carbocycles. The Labute approximate surface area is 124 Å². The van der Waals surface area contributed by atoms with Crippen LogP contribution >= 0.6 is 0 Å². The summed E-state index contributed by atoms with van der Waals surface area (Å²) in [6.45, 7) is 2.14. The number of hydrogen-bond acceptors (Lipinski definition) is 2. The molecule has 0 atom stereocenters. The van der Waals surface area contributed by atoms with Gasteiger partial charge in [0, 0.05) is 17.1 Å². The lowest BCUT2D eigenvalue weighted by atomic mass is 9.99. The van der Waals surface area contributed by atoms with Crippen LogP contribution in [0.25, 0.3) is 10.8 Å². The van der Waals surface area contributed by atoms with Gasteiger partial charge in [0.15, 0.2) is 0 Å². The van der Waals surface area contributed by atoms with Gasteiger partial charge in [-0.15, -0.1) is 0 Å². The summed E-state index contributed by atoms with van der Waals surface area (Å²) in [5.41, 5.74) is 2.44. The lowest BCUT2D eigenvalue weighted by Crippen LogP contribution is -2.05. The van der Waals surface area contributed by atoms with E-state index in [0.29, 0.717) is 11.3 Å². The molecule has 0 unspecified atom stereocenters. The average molecular weight is 275 g/mol. The van der Waals surface area contributed by atoms with Crippen molar-refractivity contribution >= 4 is 16.6 Å². The summed E-state index contributed by atoms with van der Waals surface area (Å²) < 4.78 is 0. The molecular weight excluding hydrogens is 258 g/mol. The second-order valence-electron chi connectivity index (χ2n) is 5.16. The molecule has 3 rings (SSSR count). The third-order valence-corrected chi connectivity index (χ3v) is 3.62. The molecule has 0 spiro atoms. The van der Waals surface area contributed by atoms with Crippen LogP contribution in [0.1, 0.15) is 35.0 Å². The molecular formula is C19H17NO. The van der Waals surface area contributed by atoms with Crippen LogP contribution in [0.5, 0.6) is 0 Å². The molecule has 0 radical (unpaired) electrons. The molecule has 2 nitrogen and oxygen atoms in total. The largest absolute Gasteiger partial charge is 0.287 e. The number of nitrogens with zero attached hydrogens (tertiary/aromatic N) is 1. The minimum atomic E-state index is -0.00949. The van der Waals surface area contributed by atoms with E-state index in [2.05, 4.69) is 18.0 Å². The van der Waals surface area contributed by atoms with E-state index in [1.54, 1.807) is 6.20 Å². The van der Waals surface area contributed by atoms with E-state index in [4.69, 9.17) is 0 Å². The van der Waals surface area contributed by atoms with Crippen LogP contribution in [0.4, 0.5) is 0 Å². The maximum Gasteiger partial charge on any atom is 0.211 e. The van der Waals surface area contributed by atoms with Crippen LogP contribution in [0, 0.1) is 0 Å². The first-order chi connectivity index (χ1) is 10.3. The first-order valence-electron chi connectivity index (χ1n) is 7.27. The van der Waals surface area contributed by atoms with Gasteiger partial charge in [-0.1, -0.05) is 55.8 Å². The van der Waals surface area contributed by atoms with Gasteiger partial charge >= 0.3 is 0 Å². The molecule has 0 aliphatic rings. The topological polar surface area (TPSA) is 30.0 Å². The normalized spacial score (nSPS) is 10.7. The van der Waals surface area contributed by atoms with Gasteiger partial charge in [0.1, 0.15) is 5.69 Å². The third kappa shape index (κ3) is 2.70. The molecule has 0 N–H and O–H groups in total. The molecule has 2 aromatic carbocycles. The highest BCUT2D eigenvalue weighted by Gasteiger charge is 2.14. The number of aryl methyl sites for hydroxylation is 1. The highest BCUT2D eigenvalue weighted by molar-refractivity contribution is 6.14. The fourth-order valence-electron chi connectivity index (χ4n) is 2.59. The van der Waals surface area contributed by atoms with Crippen LogP contribution in [0.15, 0.2) is 60.8 Å². The van der Waals surface area contributed by atoms with E-state index < -0.39 is 0 Å². The van der Waals surface area contributed by atoms with Crippen molar-refractivity contribution < 1.29 is 4.79 Å². The van der Waals surface area contributed by atoms with Gasteiger partial charge in [-0.2, -0.15) is 0 Å². The summed E-state index contributed by atoms with van der Waals surface area (Å²) in [5, 5.41) is 1.95. The molecule has 1 heterocycles. The first kappa shape index (κ1) is 13.5. The van der Waals surface area contributed by atoms with E-state index in [0.717, 1.165) is 23.6 Å². The highest BCUT2D eigenvalue weighted by Crippen LogP contribution is 2.20. The number of carbonyl (C=O) groups is 1. The molecule has 0 amide bonds. The molecule has 0 bridgehead atoms. The average Bonchev–Trinajstić information content (AvgIpc) is 2.54. The Morgan fingerprint density at radius 3 is 2.76 bits per heavy atom. The lowest BCUT2D eigenvalue weighted by Gasteiger charge is -2.06. The van der Waals surface area contributed by atoms with Crippen molar-refractivity contribution in [1.29, 1.82) is 0 Å². The first-order valence-corrected chi connectivity index (χ1v) is 7.27. The number of ketones is 1. The van der Waals surface area contributed by atoms with Crippen molar-refractivity contribution in [1.82, 2.24) is 4.98 Å². The standard InChI is InChI=1S/C19H17NO/c1-2-6-14-7-5-9-16(13-14)19(21)18-17-10-4-3-8-15(17)11-12-20-18/h3-5,7-13H,2,6H2,1H3. The van der Waals surface area contributed by atoms with Crippen LogP contribution in [0.3, 0.4) is 0 Å². The highest BCUT2D eigenvalue weighted by atomic mass is 16.1. The van der Waals surface area contributed by atoms with E-state index in [1.165, 1.54) is 5.56 Å². The number of carbonyl (C=O) groups excluding carboxylic acids is 1. The Bertz CT molecular complexity index is 787. The van der Waals surface area contributed by atoms with Gasteiger partial charge in [-0.05, 0) is 29.5 Å². The minimum Gasteiger partial charge on any atom is -0.287 e. The lowest BCUT2D eigenvalue weighted by molar-refractivity contribution is 0.103. The quantitative estimate of drug-likeness (QED) is 0.660. The van der Waals surface area contributed by atoms with Crippen LogP contribution in [-0.4, -0.2) is 10.8 Å². The summed E-state index contributed by atoms with van der Waals surface area (Å²) >= 11 is 0. The van der Waals surface area contributed by atoms with Gasteiger partial charge in [-0.25, -0.2) is 0 Å². The Hall–Kier alpha value is -2.48. The summed E-state index contributed by atoms with van der Waals surface area (Å²) in [6.07, 6.45) is 3.76. The second kappa shape index (κ2) is 5.88. The Kier molecular flexibility index (Phi) is 3.78. The predicted octanol–water partition coefficient (Wildman–Crippen LogP) is 4.42. The van der Waals surface area contributed by atoms with Crippen molar-refractivity contribution in [3.63, 3.8) is 0 Å². The van der Waals surface area contributed by atoms with Crippen molar-refractivity contribution in [3.05, 3.63) is 77.6 Å². The summed E-state index contributed by atoms with van der Waals surface area (Å²) in [6, 6.07) is 17.7. The van der Waals surface area contributed by atoms with Gasteiger partial charge in [0.05, 0.1) is 0 Å². The van der Waals surface area contributed by atoms with Crippen molar-refractivity contribution in [2.24, 2.45) is 0 Å². The maximum absolute atomic E-state index is 12.8. The molecule has 2 heteroatoms. The van der Waals surface area contributed by atoms with Crippen molar-refractivity contribution in [2.75, 3.05) is 0 Å². The summed E-state index contributed by atoms with van der Waals surface area (Å²) in [7, 11) is 0. The second-order valence-corrected chi connectivity index (χ2v) is 5.16. The maximum atomic E-state index is 12.8. The smallest absolute Gasteiger partial charge is 0.211 e. The fraction of sp³-hybridized carbons (Fsp3) is 0.158. The third-order valence-electron chi connectivity index (χ3n) is 3.62. The molecule has 1 aromatic heterocycles. The van der Waals surface area contributed by atoms with Crippen molar-refractivity contribution in [3.8, 4) is 0 Å². The molecule has 0 saturated carbocycles. The number of aromatic nitrogens is 1. The van der Waals surface area contributed by atoms with Gasteiger partial charge in [0.25, 0.3) is 0 Å². The number of fused-ring (bicyclic) bond motifs is 1. The molecule has 0 saturated heterocycles. The van der Waals surface area contributed by atoms with Gasteiger partial charge < -0.3 is 0 Å². The number of hydrogen-bond donors (Lipinski definition) is 0. The fourth-order valence-corrected chi connectivity index (χ4v) is 2.59. The summed E-state index contributed by atoms with van der Waals surface area (Å²) in [4.78, 5) is 17.1. The monoisotopic (exact) mass is 275 g/mol. The molecule has 0 fully saturated rings. The van der Waals surface area contributed by atoms with Crippen molar-refractivity contribution in [2.45, 2.75) is 19.8 Å². The number of pyridine rings is 1. The van der Waals surface area contributed by atoms with Crippen LogP contribution < -0.4 is 0 Å². The van der Waals surface area contributed by atoms with E-state index in [9.17, 15) is 4.79 Å². The Balaban J connectivity index is 2.06. The zero-order chi connectivity index (χ0) is 14.7. The Morgan fingerprint density at radius 1 is 1.05 bits per heavy atom. The zero-order valence-electron chi connectivity index (χ0n) is 12.0. The number of benzene rings is 2. The van der Waals surface area contributed by atoms with Gasteiger partial charge in [-0.3, -0.25) is 9.78 Å². The minimum absolute atomic E-state index is 0.00949.